The van der Waals surface area contributed by atoms with Crippen LogP contribution < -0.4 is 16.0 Å². The van der Waals surface area contributed by atoms with Gasteiger partial charge < -0.3 is 30.7 Å². The molecule has 3 amide bonds. The van der Waals surface area contributed by atoms with E-state index in [1.807, 2.05) is 79.7 Å². The van der Waals surface area contributed by atoms with Crippen molar-refractivity contribution in [2.45, 2.75) is 159 Å². The Kier molecular flexibility index (Phi) is 28.6. The number of nitrogens with one attached hydrogen (secondary N) is 3. The summed E-state index contributed by atoms with van der Waals surface area (Å²) in [5.41, 5.74) is 19.8. The summed E-state index contributed by atoms with van der Waals surface area (Å²) in [4.78, 5) is 66.0. The van der Waals surface area contributed by atoms with Crippen molar-refractivity contribution < 1.29 is 14.4 Å². The molecular formula is C102H109Cl5N12O3. The Morgan fingerprint density at radius 3 is 1.01 bits per heavy atom. The second kappa shape index (κ2) is 40.4. The molecule has 20 heteroatoms. The molecule has 3 N–H and O–H groups in total. The number of carbonyl (C=O) groups is 3. The van der Waals surface area contributed by atoms with Crippen LogP contribution in [0.1, 0.15) is 160 Å². The average Bonchev–Trinajstić information content (AvgIpc) is 0.943. The maximum absolute atomic E-state index is 13.4. The van der Waals surface area contributed by atoms with Crippen molar-refractivity contribution in [3.63, 3.8) is 0 Å². The molecule has 3 unspecified atom stereocenters. The van der Waals surface area contributed by atoms with Gasteiger partial charge in [-0.05, 0) is 311 Å². The maximum atomic E-state index is 13.4. The van der Waals surface area contributed by atoms with Gasteiger partial charge in [-0.1, -0.05) is 193 Å². The first-order valence-electron chi connectivity index (χ1n) is 44.2. The molecule has 3 saturated carbocycles. The van der Waals surface area contributed by atoms with E-state index in [2.05, 4.69) is 133 Å². The molecule has 630 valence electrons. The molecule has 9 aliphatic rings. The minimum atomic E-state index is -0.0504. The summed E-state index contributed by atoms with van der Waals surface area (Å²) in [6, 6.07) is 62.1. The largest absolute Gasteiger partial charge is 0.325 e. The van der Waals surface area contributed by atoms with Gasteiger partial charge in [0.15, 0.2) is 17.1 Å². The summed E-state index contributed by atoms with van der Waals surface area (Å²) in [7, 11) is 0. The summed E-state index contributed by atoms with van der Waals surface area (Å²) in [6.07, 6.45) is 23.3. The lowest BCUT2D eigenvalue weighted by molar-refractivity contribution is -0.119. The van der Waals surface area contributed by atoms with Gasteiger partial charge in [-0.3, -0.25) is 29.1 Å². The Hall–Kier alpha value is -8.93. The second-order valence-corrected chi connectivity index (χ2v) is 37.6. The molecule has 6 fully saturated rings. The average molecular weight is 1730 g/mol. The number of benzene rings is 9. The van der Waals surface area contributed by atoms with Crippen LogP contribution in [0.15, 0.2) is 182 Å². The number of halogens is 5. The lowest BCUT2D eigenvalue weighted by Gasteiger charge is -2.47. The van der Waals surface area contributed by atoms with Gasteiger partial charge in [-0.2, -0.15) is 0 Å². The summed E-state index contributed by atoms with van der Waals surface area (Å²) >= 11 is 30.9. The number of likely N-dealkylation sites (tertiary alicyclic amines) is 3. The number of rotatable bonds is 19. The van der Waals surface area contributed by atoms with Crippen LogP contribution in [0.3, 0.4) is 0 Å². The number of carbonyl (C=O) groups excluding carboxylic acids is 3. The van der Waals surface area contributed by atoms with Crippen molar-refractivity contribution in [2.24, 2.45) is 23.7 Å². The van der Waals surface area contributed by atoms with Gasteiger partial charge in [-0.15, -0.1) is 0 Å². The second-order valence-electron chi connectivity index (χ2n) is 35.4. The third kappa shape index (κ3) is 21.9. The van der Waals surface area contributed by atoms with Gasteiger partial charge in [0.2, 0.25) is 17.7 Å². The van der Waals surface area contributed by atoms with E-state index >= 15 is 0 Å². The third-order valence-corrected chi connectivity index (χ3v) is 28.3. The fourth-order valence-electron chi connectivity index (χ4n) is 20.9. The van der Waals surface area contributed by atoms with Crippen molar-refractivity contribution >= 4 is 110 Å². The zero-order chi connectivity index (χ0) is 84.3. The first kappa shape index (κ1) is 86.6. The third-order valence-electron chi connectivity index (χ3n) is 27.2. The molecule has 15 nitrogen and oxygen atoms in total. The van der Waals surface area contributed by atoms with E-state index in [4.69, 9.17) is 77.7 Å². The van der Waals surface area contributed by atoms with Crippen molar-refractivity contribution in [2.75, 3.05) is 101 Å². The molecular weight excluding hydrogens is 1620 g/mol. The van der Waals surface area contributed by atoms with Gasteiger partial charge >= 0.3 is 0 Å². The Morgan fingerprint density at radius 1 is 0.352 bits per heavy atom. The standard InChI is InChI=1S/C36H41ClN4O.2C33H34Cl2N4O/c1-25-19-30(37)23-32(20-25)39-35(42)24-41-18-15-29-21-28(27-7-6-8-31(22-27)38-2)11-12-34(29)36(41)26-13-16-40(17-14-26)33-9-4-3-5-10-33;1-36-28-5-2-4-23(17-28)24-8-9-31-25(16-24)12-15-39(21-32(40)37-29-19-26(34)18-27(35)20-29)33(31)22-10-13-38(14-11-22)30-6-3-7-30;1-36-29-4-2-3-24(16-29)25-7-8-31-26(15-25)11-14-39(21-32(40)37-30-18-27(34)17-28(35)19-30)33(31)23-9-12-38(13-10-23)20-22-5-6-22/h6-8,11-12,19-23,26,33,36H,3-5,9-10,13-18,24H2,1H3,(H,39,42);2,4-5,8-9,16-20,22,30,33H,3,6-7,10-15,21H2,(H,37,40);2-4,7-8,15-19,22-23,33H,5-6,9-14,20-21H2,(H,37,40). The van der Waals surface area contributed by atoms with E-state index < -0.39 is 0 Å². The highest BCUT2D eigenvalue weighted by Crippen LogP contribution is 2.47. The number of piperidine rings is 3. The fourth-order valence-corrected chi connectivity index (χ4v) is 22.2. The Morgan fingerprint density at radius 2 is 0.680 bits per heavy atom. The van der Waals surface area contributed by atoms with Crippen LogP contribution in [0.4, 0.5) is 34.1 Å². The summed E-state index contributed by atoms with van der Waals surface area (Å²) in [6.45, 7) is 35.8. The van der Waals surface area contributed by atoms with Gasteiger partial charge in [0, 0.05) is 98.6 Å². The predicted molar refractivity (Wildman–Crippen MR) is 498 cm³/mol. The highest BCUT2D eigenvalue weighted by Gasteiger charge is 2.42. The van der Waals surface area contributed by atoms with Gasteiger partial charge in [0.25, 0.3) is 0 Å². The zero-order valence-electron chi connectivity index (χ0n) is 69.8. The summed E-state index contributed by atoms with van der Waals surface area (Å²) in [5, 5.41) is 11.8. The predicted octanol–water partition coefficient (Wildman–Crippen LogP) is 24.3. The van der Waals surface area contributed by atoms with Crippen molar-refractivity contribution in [3.8, 4) is 33.4 Å². The van der Waals surface area contributed by atoms with Crippen molar-refractivity contribution in [1.82, 2.24) is 29.4 Å². The van der Waals surface area contributed by atoms with E-state index in [1.54, 1.807) is 36.4 Å². The minimum absolute atomic E-state index is 0.0114. The number of hydrogen-bond acceptors (Lipinski definition) is 9. The van der Waals surface area contributed by atoms with Crippen LogP contribution in [0.5, 0.6) is 0 Å². The molecule has 3 atom stereocenters. The van der Waals surface area contributed by atoms with Crippen LogP contribution in [-0.4, -0.2) is 144 Å². The molecule has 0 aromatic heterocycles. The topological polar surface area (TPSA) is 120 Å². The molecule has 0 bridgehead atoms. The van der Waals surface area contributed by atoms with Gasteiger partial charge in [-0.25, -0.2) is 14.5 Å². The monoisotopic (exact) mass is 1720 g/mol. The Balaban J connectivity index is 0.000000136. The van der Waals surface area contributed by atoms with Crippen LogP contribution in [0.2, 0.25) is 25.1 Å². The van der Waals surface area contributed by atoms with Crippen LogP contribution in [0, 0.1) is 50.3 Å². The fraction of sp³-hybridized carbons (Fsp3) is 0.412. The molecule has 18 rings (SSSR count). The van der Waals surface area contributed by atoms with Crippen LogP contribution >= 0.6 is 58.0 Å². The van der Waals surface area contributed by atoms with E-state index in [0.29, 0.717) is 90.9 Å². The van der Waals surface area contributed by atoms with Crippen molar-refractivity contribution in [3.05, 3.63) is 280 Å². The number of hydrogen-bond donors (Lipinski definition) is 3. The number of amides is 3. The summed E-state index contributed by atoms with van der Waals surface area (Å²) < 4.78 is 0. The van der Waals surface area contributed by atoms with E-state index in [-0.39, 0.29) is 35.8 Å². The highest BCUT2D eigenvalue weighted by molar-refractivity contribution is 6.36. The van der Waals surface area contributed by atoms with Gasteiger partial charge in [0.05, 0.1) is 39.4 Å². The SMILES string of the molecule is [C-]#[N+]c1cccc(-c2ccc3c(c2)CCN(CC(=O)Nc2cc(C)cc(Cl)c2)C3C2CCN(C3CCCCC3)CC2)c1.[C-]#[N+]c1cccc(-c2ccc3c(c2)CCN(CC(=O)Nc2cc(Cl)cc(Cl)c2)C3C2CCN(C3CCC3)CC2)c1.[C-]#[N+]c1cccc(-c2ccc3c(c2)CCN(CC(=O)Nc2cc(Cl)cc(Cl)c2)C3C2CCN(CC3CC3)CC2)c1. The lowest BCUT2D eigenvalue weighted by Crippen LogP contribution is -2.49. The van der Waals surface area contributed by atoms with E-state index in [9.17, 15) is 14.4 Å². The highest BCUT2D eigenvalue weighted by atomic mass is 35.5. The smallest absolute Gasteiger partial charge is 0.238 e. The van der Waals surface area contributed by atoms with Crippen molar-refractivity contribution in [1.29, 1.82) is 0 Å². The maximum Gasteiger partial charge on any atom is 0.238 e. The molecule has 3 saturated heterocycles. The zero-order valence-corrected chi connectivity index (χ0v) is 73.6. The molecule has 3 aliphatic carbocycles. The first-order chi connectivity index (χ1) is 59.4. The normalized spacial score (nSPS) is 20.3. The number of aryl methyl sites for hydroxylation is 1. The Labute approximate surface area is 745 Å². The van der Waals surface area contributed by atoms with E-state index in [0.717, 1.165) is 166 Å². The lowest BCUT2D eigenvalue weighted by atomic mass is 9.78. The first-order valence-corrected chi connectivity index (χ1v) is 46.1. The number of nitrogens with zero attached hydrogens (tertiary/aromatic N) is 9. The molecule has 9 aromatic carbocycles. The van der Waals surface area contributed by atoms with Crippen LogP contribution in [-0.2, 0) is 33.6 Å². The molecule has 6 heterocycles. The molecule has 0 spiro atoms. The summed E-state index contributed by atoms with van der Waals surface area (Å²) in [5.74, 6) is 2.33. The quantitative estimate of drug-likeness (QED) is 0.0680. The molecule has 122 heavy (non-hydrogen) atoms. The number of anilines is 3. The van der Waals surface area contributed by atoms with E-state index in [1.165, 1.54) is 117 Å². The number of fused-ring (bicyclic) bond motifs is 3. The molecule has 9 aromatic rings. The Bertz CT molecular complexity index is 5330. The van der Waals surface area contributed by atoms with Crippen LogP contribution in [0.25, 0.3) is 47.9 Å². The molecule has 0 radical (unpaired) electrons. The molecule has 6 aliphatic heterocycles. The van der Waals surface area contributed by atoms with Gasteiger partial charge in [0.1, 0.15) is 0 Å². The minimum Gasteiger partial charge on any atom is -0.325 e.